The topological polar surface area (TPSA) is 49.0 Å². The van der Waals surface area contributed by atoms with E-state index in [1.54, 1.807) is 0 Å². The van der Waals surface area contributed by atoms with Crippen molar-refractivity contribution in [3.8, 4) is 0 Å². The third kappa shape index (κ3) is 3.21. The van der Waals surface area contributed by atoms with Gasteiger partial charge in [-0.1, -0.05) is 25.4 Å². The van der Waals surface area contributed by atoms with Gasteiger partial charge in [0, 0.05) is 37.5 Å². The largest absolute Gasteiger partial charge is 0.310 e. The molecule has 3 rings (SSSR count). The first-order valence-electron chi connectivity index (χ1n) is 7.83. The number of fused-ring (bicyclic) bond motifs is 1. The third-order valence-corrected chi connectivity index (χ3v) is 4.53. The van der Waals surface area contributed by atoms with E-state index in [-0.39, 0.29) is 28.6 Å². The first kappa shape index (κ1) is 17.0. The summed E-state index contributed by atoms with van der Waals surface area (Å²) in [5, 5.41) is -0.107. The molecule has 0 saturated heterocycles. The van der Waals surface area contributed by atoms with Crippen LogP contribution in [0.1, 0.15) is 42.4 Å². The Morgan fingerprint density at radius 3 is 2.83 bits per heavy atom. The number of nitrogens with one attached hydrogen (secondary N) is 1. The summed E-state index contributed by atoms with van der Waals surface area (Å²) in [5.41, 5.74) is 1.08. The number of nitrogens with zero attached hydrogens (tertiary/aromatic N) is 2. The van der Waals surface area contributed by atoms with Crippen LogP contribution in [0.4, 0.5) is 8.78 Å². The lowest BCUT2D eigenvalue weighted by atomic mass is 10.0. The summed E-state index contributed by atoms with van der Waals surface area (Å²) in [4.78, 5) is 21.4. The molecule has 1 aliphatic rings. The molecule has 1 N–H and O–H groups in total. The fourth-order valence-electron chi connectivity index (χ4n) is 2.85. The van der Waals surface area contributed by atoms with Gasteiger partial charge >= 0.3 is 0 Å². The Labute approximate surface area is 143 Å². The van der Waals surface area contributed by atoms with E-state index in [1.807, 2.05) is 18.7 Å². The Balaban J connectivity index is 1.86. The molecule has 1 aromatic heterocycles. The average molecular weight is 354 g/mol. The molecule has 0 saturated carbocycles. The normalized spacial score (nSPS) is 14.9. The van der Waals surface area contributed by atoms with Crippen molar-refractivity contribution in [2.24, 2.45) is 0 Å². The highest BCUT2D eigenvalue weighted by Gasteiger charge is 2.24. The first-order valence-corrected chi connectivity index (χ1v) is 8.21. The van der Waals surface area contributed by atoms with E-state index in [0.717, 1.165) is 11.8 Å². The summed E-state index contributed by atoms with van der Waals surface area (Å²) in [6.45, 7) is 4.87. The van der Waals surface area contributed by atoms with Gasteiger partial charge in [0.15, 0.2) is 0 Å². The zero-order valence-corrected chi connectivity index (χ0v) is 14.3. The van der Waals surface area contributed by atoms with Crippen LogP contribution in [0, 0.1) is 11.6 Å². The smallest absolute Gasteiger partial charge is 0.255 e. The van der Waals surface area contributed by atoms with Crippen molar-refractivity contribution in [2.75, 3.05) is 6.54 Å². The minimum atomic E-state index is -0.746. The van der Waals surface area contributed by atoms with E-state index in [0.29, 0.717) is 30.9 Å². The van der Waals surface area contributed by atoms with Crippen LogP contribution in [0.3, 0.4) is 0 Å². The molecule has 0 bridgehead atoms. The van der Waals surface area contributed by atoms with Gasteiger partial charge < -0.3 is 4.98 Å². The van der Waals surface area contributed by atoms with E-state index < -0.39 is 11.6 Å². The van der Waals surface area contributed by atoms with Crippen LogP contribution < -0.4 is 5.56 Å². The summed E-state index contributed by atoms with van der Waals surface area (Å²) in [7, 11) is 0. The van der Waals surface area contributed by atoms with Crippen molar-refractivity contribution >= 4 is 11.6 Å². The van der Waals surface area contributed by atoms with Gasteiger partial charge in [-0.2, -0.15) is 0 Å². The predicted molar refractivity (Wildman–Crippen MR) is 88.1 cm³/mol. The molecule has 2 heterocycles. The molecule has 0 fully saturated rings. The van der Waals surface area contributed by atoms with E-state index in [1.165, 1.54) is 6.07 Å². The molecule has 7 heteroatoms. The Bertz CT molecular complexity index is 835. The second-order valence-electron chi connectivity index (χ2n) is 6.31. The monoisotopic (exact) mass is 353 g/mol. The Hall–Kier alpha value is -1.79. The van der Waals surface area contributed by atoms with Crippen molar-refractivity contribution in [2.45, 2.75) is 39.3 Å². The van der Waals surface area contributed by atoms with Crippen LogP contribution >= 0.6 is 11.6 Å². The summed E-state index contributed by atoms with van der Waals surface area (Å²) < 4.78 is 28.0. The number of aromatic amines is 1. The molecule has 0 radical (unpaired) electrons. The standard InChI is InChI=1S/C17H18ClF2N3O/c1-9(2)16-21-14-5-6-23(8-11(14)17(24)22-16)7-10-13(19)4-3-12(18)15(10)20/h3-4,9H,5-8H2,1-2H3,(H,21,22,24). The number of hydrogen-bond acceptors (Lipinski definition) is 3. The van der Waals surface area contributed by atoms with E-state index in [2.05, 4.69) is 9.97 Å². The third-order valence-electron chi connectivity index (χ3n) is 4.23. The van der Waals surface area contributed by atoms with Crippen LogP contribution in [0.2, 0.25) is 5.02 Å². The SMILES string of the molecule is CC(C)c1nc2c(c(=O)[nH]1)CN(Cc1c(F)ccc(Cl)c1F)CC2. The van der Waals surface area contributed by atoms with Crippen molar-refractivity contribution in [3.05, 3.63) is 61.8 Å². The van der Waals surface area contributed by atoms with Gasteiger partial charge in [-0.15, -0.1) is 0 Å². The zero-order valence-electron chi connectivity index (χ0n) is 13.5. The summed E-state index contributed by atoms with van der Waals surface area (Å²) >= 11 is 5.73. The van der Waals surface area contributed by atoms with Gasteiger partial charge in [0.05, 0.1) is 16.3 Å². The van der Waals surface area contributed by atoms with Crippen molar-refractivity contribution in [3.63, 3.8) is 0 Å². The maximum Gasteiger partial charge on any atom is 0.255 e. The Morgan fingerprint density at radius 1 is 1.38 bits per heavy atom. The van der Waals surface area contributed by atoms with E-state index in [9.17, 15) is 13.6 Å². The average Bonchev–Trinajstić information content (AvgIpc) is 2.55. The van der Waals surface area contributed by atoms with Gasteiger partial charge in [0.1, 0.15) is 17.5 Å². The lowest BCUT2D eigenvalue weighted by molar-refractivity contribution is 0.234. The molecule has 1 aliphatic heterocycles. The molecular formula is C17H18ClF2N3O. The molecule has 0 unspecified atom stereocenters. The number of rotatable bonds is 3. The van der Waals surface area contributed by atoms with Crippen molar-refractivity contribution < 1.29 is 8.78 Å². The molecule has 0 amide bonds. The maximum atomic E-state index is 14.1. The van der Waals surface area contributed by atoms with Crippen molar-refractivity contribution in [1.82, 2.24) is 14.9 Å². The molecule has 2 aromatic rings. The quantitative estimate of drug-likeness (QED) is 0.860. The van der Waals surface area contributed by atoms with E-state index in [4.69, 9.17) is 11.6 Å². The highest BCUT2D eigenvalue weighted by Crippen LogP contribution is 2.24. The van der Waals surface area contributed by atoms with Crippen LogP contribution in [0.15, 0.2) is 16.9 Å². The number of H-pyrrole nitrogens is 1. The van der Waals surface area contributed by atoms with Crippen molar-refractivity contribution in [1.29, 1.82) is 0 Å². The minimum absolute atomic E-state index is 0.0586. The van der Waals surface area contributed by atoms with Gasteiger partial charge in [-0.3, -0.25) is 9.69 Å². The summed E-state index contributed by atoms with van der Waals surface area (Å²) in [6, 6.07) is 2.35. The molecule has 0 spiro atoms. The summed E-state index contributed by atoms with van der Waals surface area (Å²) in [6.07, 6.45) is 0.572. The van der Waals surface area contributed by atoms with Gasteiger partial charge in [-0.25, -0.2) is 13.8 Å². The molecule has 1 aromatic carbocycles. The maximum absolute atomic E-state index is 14.1. The molecule has 4 nitrogen and oxygen atoms in total. The number of aromatic nitrogens is 2. The number of benzene rings is 1. The second kappa shape index (κ2) is 6.61. The predicted octanol–water partition coefficient (Wildman–Crippen LogP) is 3.38. The van der Waals surface area contributed by atoms with Gasteiger partial charge in [-0.05, 0) is 12.1 Å². The molecule has 24 heavy (non-hydrogen) atoms. The zero-order chi connectivity index (χ0) is 17.4. The van der Waals surface area contributed by atoms with Crippen LogP contribution in [0.25, 0.3) is 0 Å². The Morgan fingerprint density at radius 2 is 2.12 bits per heavy atom. The highest BCUT2D eigenvalue weighted by atomic mass is 35.5. The lowest BCUT2D eigenvalue weighted by Gasteiger charge is -2.28. The highest BCUT2D eigenvalue weighted by molar-refractivity contribution is 6.30. The number of hydrogen-bond donors (Lipinski definition) is 1. The fraction of sp³-hybridized carbons (Fsp3) is 0.412. The molecule has 128 valence electrons. The second-order valence-corrected chi connectivity index (χ2v) is 6.72. The van der Waals surface area contributed by atoms with Gasteiger partial charge in [0.25, 0.3) is 5.56 Å². The lowest BCUT2D eigenvalue weighted by Crippen LogP contribution is -2.36. The fourth-order valence-corrected chi connectivity index (χ4v) is 3.02. The van der Waals surface area contributed by atoms with Crippen LogP contribution in [0.5, 0.6) is 0 Å². The minimum Gasteiger partial charge on any atom is -0.310 e. The molecule has 0 atom stereocenters. The van der Waals surface area contributed by atoms with E-state index >= 15 is 0 Å². The van der Waals surface area contributed by atoms with Crippen LogP contribution in [-0.4, -0.2) is 21.4 Å². The molecule has 0 aliphatic carbocycles. The number of halogens is 3. The Kier molecular flexibility index (Phi) is 4.69. The molecular weight excluding hydrogens is 336 g/mol. The van der Waals surface area contributed by atoms with Crippen LogP contribution in [-0.2, 0) is 19.5 Å². The summed E-state index contributed by atoms with van der Waals surface area (Å²) in [5.74, 6) is -0.579. The first-order chi connectivity index (χ1) is 11.4. The van der Waals surface area contributed by atoms with Gasteiger partial charge in [0.2, 0.25) is 0 Å².